The second-order valence-corrected chi connectivity index (χ2v) is 11.1. The number of rotatable bonds is 6. The highest BCUT2D eigenvalue weighted by molar-refractivity contribution is 7.98. The van der Waals surface area contributed by atoms with E-state index in [0.717, 1.165) is 10.5 Å². The van der Waals surface area contributed by atoms with Crippen LogP contribution in [0.15, 0.2) is 47.4 Å². The fourth-order valence-electron chi connectivity index (χ4n) is 3.10. The van der Waals surface area contributed by atoms with E-state index in [4.69, 9.17) is 23.2 Å². The van der Waals surface area contributed by atoms with E-state index in [-0.39, 0.29) is 23.8 Å². The van der Waals surface area contributed by atoms with Crippen molar-refractivity contribution in [2.24, 2.45) is 5.92 Å². The molecule has 1 atom stereocenters. The van der Waals surface area contributed by atoms with Crippen LogP contribution in [0.25, 0.3) is 0 Å². The SMILES string of the molecule is O=C(CC1CCS(=O)(=O)C1)NNC(=O)c1cccc(CSc2cc(Cl)ccc2Cl)c1. The van der Waals surface area contributed by atoms with Gasteiger partial charge in [0, 0.05) is 27.7 Å². The first kappa shape index (κ1) is 22.9. The predicted octanol–water partition coefficient (Wildman–Crippen LogP) is 3.87. The minimum Gasteiger partial charge on any atom is -0.273 e. The highest BCUT2D eigenvalue weighted by Crippen LogP contribution is 2.32. The first-order valence-electron chi connectivity index (χ1n) is 9.18. The first-order chi connectivity index (χ1) is 14.2. The van der Waals surface area contributed by atoms with Crippen LogP contribution < -0.4 is 10.9 Å². The number of halogens is 2. The lowest BCUT2D eigenvalue weighted by Gasteiger charge is -2.11. The number of hydrogen-bond donors (Lipinski definition) is 2. The number of carbonyl (C=O) groups is 2. The lowest BCUT2D eigenvalue weighted by atomic mass is 10.1. The molecule has 1 fully saturated rings. The number of sulfone groups is 1. The number of benzene rings is 2. The van der Waals surface area contributed by atoms with E-state index in [1.54, 1.807) is 36.4 Å². The van der Waals surface area contributed by atoms with E-state index in [1.165, 1.54) is 11.8 Å². The van der Waals surface area contributed by atoms with Gasteiger partial charge in [0.1, 0.15) is 0 Å². The average Bonchev–Trinajstić information content (AvgIpc) is 3.05. The minimum atomic E-state index is -3.04. The van der Waals surface area contributed by atoms with Crippen LogP contribution in [0.3, 0.4) is 0 Å². The Hall–Kier alpha value is -1.74. The summed E-state index contributed by atoms with van der Waals surface area (Å²) < 4.78 is 22.9. The molecule has 1 saturated heterocycles. The molecule has 1 aliphatic heterocycles. The Morgan fingerprint density at radius 3 is 2.63 bits per heavy atom. The molecule has 6 nitrogen and oxygen atoms in total. The van der Waals surface area contributed by atoms with Crippen molar-refractivity contribution < 1.29 is 18.0 Å². The summed E-state index contributed by atoms with van der Waals surface area (Å²) in [6.45, 7) is 0. The molecule has 1 heterocycles. The summed E-state index contributed by atoms with van der Waals surface area (Å²) in [5.74, 6) is -0.343. The summed E-state index contributed by atoms with van der Waals surface area (Å²) in [6.07, 6.45) is 0.538. The number of nitrogens with one attached hydrogen (secondary N) is 2. The van der Waals surface area contributed by atoms with E-state index < -0.39 is 21.7 Å². The summed E-state index contributed by atoms with van der Waals surface area (Å²) in [5.41, 5.74) is 6.04. The normalized spacial score (nSPS) is 17.5. The Labute approximate surface area is 189 Å². The Kier molecular flexibility index (Phi) is 7.68. The molecule has 0 saturated carbocycles. The number of hydrogen-bond acceptors (Lipinski definition) is 5. The van der Waals surface area contributed by atoms with Gasteiger partial charge in [0.2, 0.25) is 5.91 Å². The van der Waals surface area contributed by atoms with Gasteiger partial charge in [0.15, 0.2) is 9.84 Å². The summed E-state index contributed by atoms with van der Waals surface area (Å²) in [5, 5.41) is 1.21. The first-order valence-corrected chi connectivity index (χ1v) is 12.7. The molecule has 2 aromatic rings. The topological polar surface area (TPSA) is 92.3 Å². The smallest absolute Gasteiger partial charge is 0.269 e. The zero-order valence-corrected chi connectivity index (χ0v) is 19.0. The van der Waals surface area contributed by atoms with Crippen LogP contribution >= 0.6 is 35.0 Å². The molecular weight excluding hydrogens is 467 g/mol. The fourth-order valence-corrected chi connectivity index (χ4v) is 6.39. The van der Waals surface area contributed by atoms with Crippen LogP contribution in [-0.2, 0) is 20.4 Å². The number of amides is 2. The number of carbonyl (C=O) groups excluding carboxylic acids is 2. The molecule has 2 aromatic carbocycles. The molecule has 30 heavy (non-hydrogen) atoms. The second-order valence-electron chi connectivity index (χ2n) is 7.04. The van der Waals surface area contributed by atoms with Crippen LogP contribution in [0.1, 0.15) is 28.8 Å². The van der Waals surface area contributed by atoms with Gasteiger partial charge in [-0.3, -0.25) is 20.4 Å². The molecule has 1 unspecified atom stereocenters. The summed E-state index contributed by atoms with van der Waals surface area (Å²) in [7, 11) is -3.04. The Morgan fingerprint density at radius 2 is 1.90 bits per heavy atom. The van der Waals surface area contributed by atoms with E-state index in [2.05, 4.69) is 10.9 Å². The maximum atomic E-state index is 12.3. The van der Waals surface area contributed by atoms with E-state index >= 15 is 0 Å². The van der Waals surface area contributed by atoms with Gasteiger partial charge in [-0.15, -0.1) is 11.8 Å². The molecule has 2 N–H and O–H groups in total. The van der Waals surface area contributed by atoms with Crippen LogP contribution in [0.2, 0.25) is 10.0 Å². The Balaban J connectivity index is 1.51. The molecule has 1 aliphatic rings. The van der Waals surface area contributed by atoms with Crippen LogP contribution in [0, 0.1) is 5.92 Å². The van der Waals surface area contributed by atoms with Gasteiger partial charge in [0.05, 0.1) is 16.5 Å². The predicted molar refractivity (Wildman–Crippen MR) is 119 cm³/mol. The summed E-state index contributed by atoms with van der Waals surface area (Å²) in [4.78, 5) is 25.2. The molecule has 10 heteroatoms. The van der Waals surface area contributed by atoms with Crippen molar-refractivity contribution in [1.82, 2.24) is 10.9 Å². The third-order valence-electron chi connectivity index (χ3n) is 4.59. The van der Waals surface area contributed by atoms with Crippen molar-refractivity contribution >= 4 is 56.6 Å². The largest absolute Gasteiger partial charge is 0.273 e. The summed E-state index contributed by atoms with van der Waals surface area (Å²) >= 11 is 13.7. The van der Waals surface area contributed by atoms with Crippen molar-refractivity contribution in [3.05, 3.63) is 63.6 Å². The minimum absolute atomic E-state index is 0.0186. The standard InChI is InChI=1S/C20H20Cl2N2O4S2/c21-16-4-5-17(22)18(10-16)29-11-13-2-1-3-15(8-13)20(26)24-23-19(25)9-14-6-7-30(27,28)12-14/h1-5,8,10,14H,6-7,9,11-12H2,(H,23,25)(H,24,26). The van der Waals surface area contributed by atoms with Gasteiger partial charge in [-0.05, 0) is 48.2 Å². The molecule has 0 aliphatic carbocycles. The molecule has 3 rings (SSSR count). The van der Waals surface area contributed by atoms with Crippen molar-refractivity contribution in [2.45, 2.75) is 23.5 Å². The molecule has 0 bridgehead atoms. The maximum absolute atomic E-state index is 12.3. The lowest BCUT2D eigenvalue weighted by Crippen LogP contribution is -2.42. The maximum Gasteiger partial charge on any atom is 0.269 e. The monoisotopic (exact) mass is 486 g/mol. The van der Waals surface area contributed by atoms with Gasteiger partial charge >= 0.3 is 0 Å². The van der Waals surface area contributed by atoms with Gasteiger partial charge in [-0.25, -0.2) is 8.42 Å². The van der Waals surface area contributed by atoms with Gasteiger partial charge in [0.25, 0.3) is 5.91 Å². The van der Waals surface area contributed by atoms with E-state index in [9.17, 15) is 18.0 Å². The quantitative estimate of drug-likeness (QED) is 0.477. The van der Waals surface area contributed by atoms with E-state index in [1.807, 2.05) is 6.07 Å². The van der Waals surface area contributed by atoms with Crippen molar-refractivity contribution in [2.75, 3.05) is 11.5 Å². The highest BCUT2D eigenvalue weighted by atomic mass is 35.5. The van der Waals surface area contributed by atoms with Crippen molar-refractivity contribution in [3.8, 4) is 0 Å². The van der Waals surface area contributed by atoms with Crippen molar-refractivity contribution in [3.63, 3.8) is 0 Å². The number of thioether (sulfide) groups is 1. The molecule has 2 amide bonds. The lowest BCUT2D eigenvalue weighted by molar-refractivity contribution is -0.122. The second kappa shape index (κ2) is 10.0. The van der Waals surface area contributed by atoms with Crippen LogP contribution in [0.5, 0.6) is 0 Å². The third-order valence-corrected chi connectivity index (χ3v) is 8.23. The van der Waals surface area contributed by atoms with Crippen LogP contribution in [0.4, 0.5) is 0 Å². The molecule has 160 valence electrons. The Morgan fingerprint density at radius 1 is 1.10 bits per heavy atom. The van der Waals surface area contributed by atoms with Gasteiger partial charge in [-0.1, -0.05) is 35.3 Å². The molecule has 0 radical (unpaired) electrons. The van der Waals surface area contributed by atoms with Gasteiger partial charge < -0.3 is 0 Å². The van der Waals surface area contributed by atoms with Crippen molar-refractivity contribution in [1.29, 1.82) is 0 Å². The Bertz CT molecular complexity index is 1060. The van der Waals surface area contributed by atoms with Gasteiger partial charge in [-0.2, -0.15) is 0 Å². The third kappa shape index (κ3) is 6.63. The number of hydrazine groups is 1. The highest BCUT2D eigenvalue weighted by Gasteiger charge is 2.29. The molecule has 0 aromatic heterocycles. The van der Waals surface area contributed by atoms with E-state index in [0.29, 0.717) is 27.8 Å². The average molecular weight is 487 g/mol. The summed E-state index contributed by atoms with van der Waals surface area (Å²) in [6, 6.07) is 12.3. The zero-order valence-electron chi connectivity index (χ0n) is 15.9. The molecular formula is C20H20Cl2N2O4S2. The fraction of sp³-hybridized carbons (Fsp3) is 0.300. The zero-order chi connectivity index (χ0) is 21.7. The molecule has 0 spiro atoms. The van der Waals surface area contributed by atoms with Crippen LogP contribution in [-0.4, -0.2) is 31.7 Å².